The van der Waals surface area contributed by atoms with E-state index in [2.05, 4.69) is 0 Å². The van der Waals surface area contributed by atoms with E-state index in [-0.39, 0.29) is 16.9 Å². The fraction of sp³-hybridized carbons (Fsp3) is 0.143. The molecule has 0 unspecified atom stereocenters. The number of hydrogen-bond acceptors (Lipinski definition) is 4. The monoisotopic (exact) mass is 276 g/mol. The Morgan fingerprint density at radius 1 is 0.950 bits per heavy atom. The predicted octanol–water partition coefficient (Wildman–Crippen LogP) is 2.25. The molecule has 0 aliphatic carbocycles. The van der Waals surface area contributed by atoms with E-state index < -0.39 is 11.9 Å². The molecule has 0 saturated heterocycles. The van der Waals surface area contributed by atoms with Crippen molar-refractivity contribution in [3.8, 4) is 11.5 Å². The van der Waals surface area contributed by atoms with Crippen LogP contribution in [0.25, 0.3) is 10.8 Å². The number of hydrogen-bond donors (Lipinski definition) is 2. The molecule has 0 saturated carbocycles. The molecule has 0 aliphatic heterocycles. The van der Waals surface area contributed by atoms with Crippen molar-refractivity contribution in [1.29, 1.82) is 0 Å². The van der Waals surface area contributed by atoms with Gasteiger partial charge >= 0.3 is 11.9 Å². The molecule has 6 heteroatoms. The number of carboxylic acids is 2. The first-order valence-electron chi connectivity index (χ1n) is 5.65. The quantitative estimate of drug-likeness (QED) is 0.889. The smallest absolute Gasteiger partial charge is 0.340 e. The summed E-state index contributed by atoms with van der Waals surface area (Å²) >= 11 is 0. The number of aromatic carboxylic acids is 2. The Morgan fingerprint density at radius 2 is 1.60 bits per heavy atom. The summed E-state index contributed by atoms with van der Waals surface area (Å²) in [7, 11) is 2.78. The number of fused-ring (bicyclic) bond motifs is 1. The summed E-state index contributed by atoms with van der Waals surface area (Å²) in [4.78, 5) is 22.7. The molecule has 6 nitrogen and oxygen atoms in total. The SMILES string of the molecule is COc1ccc2c(C(=O)O)c(C(=O)O)c(OC)cc2c1. The zero-order chi connectivity index (χ0) is 14.9. The number of rotatable bonds is 4. The maximum absolute atomic E-state index is 11.4. The third-order valence-electron chi connectivity index (χ3n) is 2.96. The molecule has 0 heterocycles. The average molecular weight is 276 g/mol. The van der Waals surface area contributed by atoms with E-state index in [9.17, 15) is 19.8 Å². The molecule has 0 spiro atoms. The molecule has 104 valence electrons. The van der Waals surface area contributed by atoms with Gasteiger partial charge in [-0.15, -0.1) is 0 Å². The molecule has 20 heavy (non-hydrogen) atoms. The summed E-state index contributed by atoms with van der Waals surface area (Å²) in [6, 6.07) is 6.19. The Bertz CT molecular complexity index is 704. The highest BCUT2D eigenvalue weighted by Crippen LogP contribution is 2.33. The largest absolute Gasteiger partial charge is 0.497 e. The van der Waals surface area contributed by atoms with E-state index in [0.717, 1.165) is 0 Å². The summed E-state index contributed by atoms with van der Waals surface area (Å²) in [6.45, 7) is 0. The van der Waals surface area contributed by atoms with Crippen LogP contribution in [0.2, 0.25) is 0 Å². The van der Waals surface area contributed by atoms with E-state index >= 15 is 0 Å². The molecule has 0 bridgehead atoms. The predicted molar refractivity (Wildman–Crippen MR) is 71.0 cm³/mol. The number of benzene rings is 2. The lowest BCUT2D eigenvalue weighted by molar-refractivity contribution is 0.0650. The van der Waals surface area contributed by atoms with E-state index in [1.165, 1.54) is 26.4 Å². The molecular weight excluding hydrogens is 264 g/mol. The number of carbonyl (C=O) groups is 2. The van der Waals surface area contributed by atoms with Crippen molar-refractivity contribution in [2.24, 2.45) is 0 Å². The van der Waals surface area contributed by atoms with Crippen LogP contribution < -0.4 is 9.47 Å². The topological polar surface area (TPSA) is 93.1 Å². The van der Waals surface area contributed by atoms with Gasteiger partial charge in [0, 0.05) is 0 Å². The summed E-state index contributed by atoms with van der Waals surface area (Å²) in [5, 5.41) is 19.4. The van der Waals surface area contributed by atoms with Gasteiger partial charge in [-0.2, -0.15) is 0 Å². The highest BCUT2D eigenvalue weighted by molar-refractivity contribution is 6.13. The van der Waals surface area contributed by atoms with Crippen LogP contribution in [0.5, 0.6) is 11.5 Å². The van der Waals surface area contributed by atoms with Crippen molar-refractivity contribution < 1.29 is 29.3 Å². The molecule has 0 atom stereocenters. The van der Waals surface area contributed by atoms with Crippen molar-refractivity contribution in [2.75, 3.05) is 14.2 Å². The van der Waals surface area contributed by atoms with Gasteiger partial charge in [0.1, 0.15) is 17.1 Å². The Hall–Kier alpha value is -2.76. The molecule has 2 N–H and O–H groups in total. The van der Waals surface area contributed by atoms with Gasteiger partial charge in [0.25, 0.3) is 0 Å². The molecule has 0 amide bonds. The maximum Gasteiger partial charge on any atom is 0.340 e. The summed E-state index contributed by atoms with van der Waals surface area (Å²) in [5.41, 5.74) is -0.660. The van der Waals surface area contributed by atoms with Gasteiger partial charge in [-0.3, -0.25) is 0 Å². The molecule has 0 aromatic heterocycles. The van der Waals surface area contributed by atoms with Gasteiger partial charge in [0.05, 0.1) is 19.8 Å². The third kappa shape index (κ3) is 2.11. The first kappa shape index (κ1) is 13.7. The third-order valence-corrected chi connectivity index (χ3v) is 2.96. The number of carboxylic acid groups (broad SMARTS) is 2. The summed E-state index contributed by atoms with van der Waals surface area (Å²) in [5.74, 6) is -2.14. The molecule has 0 fully saturated rings. The van der Waals surface area contributed by atoms with Crippen LogP contribution >= 0.6 is 0 Å². The van der Waals surface area contributed by atoms with Crippen molar-refractivity contribution in [3.05, 3.63) is 35.4 Å². The Labute approximate surface area is 114 Å². The Morgan fingerprint density at radius 3 is 2.10 bits per heavy atom. The van der Waals surface area contributed by atoms with Crippen LogP contribution in [-0.2, 0) is 0 Å². The lowest BCUT2D eigenvalue weighted by atomic mass is 9.97. The van der Waals surface area contributed by atoms with Crippen molar-refractivity contribution >= 4 is 22.7 Å². The second-order valence-electron chi connectivity index (χ2n) is 4.03. The normalized spacial score (nSPS) is 10.3. The lowest BCUT2D eigenvalue weighted by Crippen LogP contribution is -2.11. The van der Waals surface area contributed by atoms with Gasteiger partial charge in [-0.25, -0.2) is 9.59 Å². The molecule has 0 aliphatic rings. The van der Waals surface area contributed by atoms with Crippen LogP contribution in [0.1, 0.15) is 20.7 Å². The standard InChI is InChI=1S/C14H12O6/c1-19-8-3-4-9-7(5-8)6-10(20-2)12(14(17)18)11(9)13(15)16/h3-6H,1-2H3,(H,15,16)(H,17,18). The van der Waals surface area contributed by atoms with Crippen LogP contribution in [0.15, 0.2) is 24.3 Å². The van der Waals surface area contributed by atoms with Gasteiger partial charge in [0.15, 0.2) is 0 Å². The lowest BCUT2D eigenvalue weighted by Gasteiger charge is -2.12. The first-order chi connectivity index (χ1) is 9.49. The van der Waals surface area contributed by atoms with Gasteiger partial charge in [-0.05, 0) is 35.0 Å². The van der Waals surface area contributed by atoms with Crippen LogP contribution in [-0.4, -0.2) is 36.4 Å². The van der Waals surface area contributed by atoms with Gasteiger partial charge in [-0.1, -0.05) is 0 Å². The first-order valence-corrected chi connectivity index (χ1v) is 5.65. The Kier molecular flexibility index (Phi) is 3.47. The van der Waals surface area contributed by atoms with Crippen LogP contribution in [0, 0.1) is 0 Å². The number of ether oxygens (including phenoxy) is 2. The molecule has 2 rings (SSSR count). The van der Waals surface area contributed by atoms with Crippen LogP contribution in [0.4, 0.5) is 0 Å². The summed E-state index contributed by atoms with van der Waals surface area (Å²) in [6.07, 6.45) is 0. The van der Waals surface area contributed by atoms with E-state index in [4.69, 9.17) is 9.47 Å². The number of methoxy groups -OCH3 is 2. The zero-order valence-corrected chi connectivity index (χ0v) is 10.8. The molecule has 0 radical (unpaired) electrons. The average Bonchev–Trinajstić information content (AvgIpc) is 2.43. The minimum atomic E-state index is -1.35. The Balaban J connectivity index is 2.93. The van der Waals surface area contributed by atoms with E-state index in [1.807, 2.05) is 0 Å². The highest BCUT2D eigenvalue weighted by atomic mass is 16.5. The fourth-order valence-electron chi connectivity index (χ4n) is 2.08. The van der Waals surface area contributed by atoms with E-state index in [1.54, 1.807) is 12.1 Å². The maximum atomic E-state index is 11.4. The van der Waals surface area contributed by atoms with Gasteiger partial charge < -0.3 is 19.7 Å². The van der Waals surface area contributed by atoms with Crippen molar-refractivity contribution in [3.63, 3.8) is 0 Å². The van der Waals surface area contributed by atoms with Crippen LogP contribution in [0.3, 0.4) is 0 Å². The molecule has 2 aromatic carbocycles. The molecular formula is C14H12O6. The second-order valence-corrected chi connectivity index (χ2v) is 4.03. The minimum absolute atomic E-state index is 0.00402. The highest BCUT2D eigenvalue weighted by Gasteiger charge is 2.24. The van der Waals surface area contributed by atoms with Gasteiger partial charge in [0.2, 0.25) is 0 Å². The van der Waals surface area contributed by atoms with E-state index in [0.29, 0.717) is 16.5 Å². The molecule has 2 aromatic rings. The second kappa shape index (κ2) is 5.08. The van der Waals surface area contributed by atoms with Crippen molar-refractivity contribution in [2.45, 2.75) is 0 Å². The zero-order valence-electron chi connectivity index (χ0n) is 10.8. The van der Waals surface area contributed by atoms with Crippen molar-refractivity contribution in [1.82, 2.24) is 0 Å². The minimum Gasteiger partial charge on any atom is -0.497 e. The fourth-order valence-corrected chi connectivity index (χ4v) is 2.08. The summed E-state index contributed by atoms with van der Waals surface area (Å²) < 4.78 is 10.1.